The van der Waals surface area contributed by atoms with Crippen molar-refractivity contribution in [2.24, 2.45) is 17.6 Å². The van der Waals surface area contributed by atoms with E-state index in [4.69, 9.17) is 5.73 Å². The van der Waals surface area contributed by atoms with Crippen LogP contribution in [0.3, 0.4) is 0 Å². The number of rotatable bonds is 6. The van der Waals surface area contributed by atoms with Crippen LogP contribution in [0.5, 0.6) is 0 Å². The molecule has 5 nitrogen and oxygen atoms in total. The SMILES string of the molecule is CC(=O)Nc1ccc(F)c(NC(=O)C(CN)CC(C)C)c1. The average Bonchev–Trinajstić information content (AvgIpc) is 2.38. The summed E-state index contributed by atoms with van der Waals surface area (Å²) in [4.78, 5) is 23.1. The molecule has 0 aliphatic heterocycles. The molecule has 0 aromatic heterocycles. The summed E-state index contributed by atoms with van der Waals surface area (Å²) in [6, 6.07) is 4.01. The molecule has 2 amide bonds. The number of carbonyl (C=O) groups is 2. The van der Waals surface area contributed by atoms with Crippen LogP contribution in [0.1, 0.15) is 27.2 Å². The Hall–Kier alpha value is -1.95. The first-order chi connectivity index (χ1) is 9.83. The number of nitrogens with one attached hydrogen (secondary N) is 2. The third kappa shape index (κ3) is 5.51. The smallest absolute Gasteiger partial charge is 0.228 e. The summed E-state index contributed by atoms with van der Waals surface area (Å²) in [6.45, 7) is 5.55. The maximum Gasteiger partial charge on any atom is 0.228 e. The Bertz CT molecular complexity index is 518. The number of carbonyl (C=O) groups excluding carboxylic acids is 2. The molecule has 4 N–H and O–H groups in total. The molecule has 0 fully saturated rings. The van der Waals surface area contributed by atoms with E-state index in [9.17, 15) is 14.0 Å². The number of anilines is 2. The van der Waals surface area contributed by atoms with Crippen molar-refractivity contribution in [3.8, 4) is 0 Å². The highest BCUT2D eigenvalue weighted by atomic mass is 19.1. The lowest BCUT2D eigenvalue weighted by Crippen LogP contribution is -2.30. The summed E-state index contributed by atoms with van der Waals surface area (Å²) in [5, 5.41) is 5.07. The molecule has 0 heterocycles. The van der Waals surface area contributed by atoms with Gasteiger partial charge in [0, 0.05) is 19.2 Å². The first-order valence-electron chi connectivity index (χ1n) is 6.91. The fraction of sp³-hybridized carbons (Fsp3) is 0.467. The van der Waals surface area contributed by atoms with Crippen molar-refractivity contribution in [1.82, 2.24) is 0 Å². The predicted molar refractivity (Wildman–Crippen MR) is 81.3 cm³/mol. The van der Waals surface area contributed by atoms with Crippen LogP contribution in [0.25, 0.3) is 0 Å². The normalized spacial score (nSPS) is 12.1. The van der Waals surface area contributed by atoms with E-state index >= 15 is 0 Å². The van der Waals surface area contributed by atoms with Crippen molar-refractivity contribution in [2.45, 2.75) is 27.2 Å². The van der Waals surface area contributed by atoms with Crippen molar-refractivity contribution in [3.63, 3.8) is 0 Å². The van der Waals surface area contributed by atoms with Gasteiger partial charge in [-0.3, -0.25) is 9.59 Å². The first kappa shape index (κ1) is 17.1. The van der Waals surface area contributed by atoms with Gasteiger partial charge in [0.25, 0.3) is 0 Å². The molecular weight excluding hydrogens is 273 g/mol. The van der Waals surface area contributed by atoms with Crippen LogP contribution in [-0.4, -0.2) is 18.4 Å². The van der Waals surface area contributed by atoms with Crippen molar-refractivity contribution >= 4 is 23.2 Å². The van der Waals surface area contributed by atoms with E-state index in [0.717, 1.165) is 0 Å². The zero-order valence-electron chi connectivity index (χ0n) is 12.6. The zero-order valence-corrected chi connectivity index (χ0v) is 12.6. The molecular formula is C15H22FN3O2. The molecule has 116 valence electrons. The van der Waals surface area contributed by atoms with Crippen LogP contribution in [-0.2, 0) is 9.59 Å². The molecule has 1 atom stereocenters. The molecule has 0 saturated carbocycles. The molecule has 0 bridgehead atoms. The molecule has 1 aromatic carbocycles. The maximum absolute atomic E-state index is 13.7. The highest BCUT2D eigenvalue weighted by Crippen LogP contribution is 2.21. The van der Waals surface area contributed by atoms with E-state index < -0.39 is 5.82 Å². The van der Waals surface area contributed by atoms with Crippen LogP contribution in [0.2, 0.25) is 0 Å². The Morgan fingerprint density at radius 3 is 2.48 bits per heavy atom. The Morgan fingerprint density at radius 2 is 1.95 bits per heavy atom. The highest BCUT2D eigenvalue weighted by molar-refractivity contribution is 5.94. The second kappa shape index (κ2) is 7.73. The number of hydrogen-bond acceptors (Lipinski definition) is 3. The lowest BCUT2D eigenvalue weighted by molar-refractivity contribution is -0.120. The predicted octanol–water partition coefficient (Wildman–Crippen LogP) is 2.34. The van der Waals surface area contributed by atoms with Crippen molar-refractivity contribution in [1.29, 1.82) is 0 Å². The van der Waals surface area contributed by atoms with Gasteiger partial charge in [-0.25, -0.2) is 4.39 Å². The molecule has 0 spiro atoms. The lowest BCUT2D eigenvalue weighted by Gasteiger charge is -2.17. The van der Waals surface area contributed by atoms with E-state index in [0.29, 0.717) is 18.0 Å². The van der Waals surface area contributed by atoms with Gasteiger partial charge in [0.2, 0.25) is 11.8 Å². The number of amides is 2. The van der Waals surface area contributed by atoms with Gasteiger partial charge in [-0.05, 0) is 30.5 Å². The summed E-state index contributed by atoms with van der Waals surface area (Å²) < 4.78 is 13.7. The molecule has 0 aliphatic carbocycles. The van der Waals surface area contributed by atoms with Gasteiger partial charge in [0.1, 0.15) is 5.82 Å². The van der Waals surface area contributed by atoms with Gasteiger partial charge in [-0.2, -0.15) is 0 Å². The van der Waals surface area contributed by atoms with Crippen molar-refractivity contribution < 1.29 is 14.0 Å². The van der Waals surface area contributed by atoms with Gasteiger partial charge < -0.3 is 16.4 Å². The third-order valence-electron chi connectivity index (χ3n) is 2.96. The van der Waals surface area contributed by atoms with E-state index in [2.05, 4.69) is 10.6 Å². The molecule has 1 unspecified atom stereocenters. The van der Waals surface area contributed by atoms with Gasteiger partial charge in [0.15, 0.2) is 0 Å². The second-order valence-electron chi connectivity index (χ2n) is 5.43. The number of nitrogens with two attached hydrogens (primary N) is 1. The van der Waals surface area contributed by atoms with Gasteiger partial charge >= 0.3 is 0 Å². The Morgan fingerprint density at radius 1 is 1.29 bits per heavy atom. The summed E-state index contributed by atoms with van der Waals surface area (Å²) in [6.07, 6.45) is 0.634. The van der Waals surface area contributed by atoms with Crippen LogP contribution in [0, 0.1) is 17.7 Å². The first-order valence-corrected chi connectivity index (χ1v) is 6.91. The maximum atomic E-state index is 13.7. The largest absolute Gasteiger partial charge is 0.330 e. The fourth-order valence-corrected chi connectivity index (χ4v) is 2.02. The van der Waals surface area contributed by atoms with Gasteiger partial charge in [0.05, 0.1) is 11.6 Å². The van der Waals surface area contributed by atoms with Crippen LogP contribution in [0.4, 0.5) is 15.8 Å². The number of halogens is 1. The van der Waals surface area contributed by atoms with Crippen LogP contribution >= 0.6 is 0 Å². The fourth-order valence-electron chi connectivity index (χ4n) is 2.02. The molecule has 21 heavy (non-hydrogen) atoms. The van der Waals surface area contributed by atoms with Crippen molar-refractivity contribution in [2.75, 3.05) is 17.2 Å². The summed E-state index contributed by atoms with van der Waals surface area (Å²) in [7, 11) is 0. The number of hydrogen-bond donors (Lipinski definition) is 3. The minimum atomic E-state index is -0.558. The quantitative estimate of drug-likeness (QED) is 0.753. The average molecular weight is 295 g/mol. The Balaban J connectivity index is 2.85. The summed E-state index contributed by atoms with van der Waals surface area (Å²) in [5.74, 6) is -1.19. The highest BCUT2D eigenvalue weighted by Gasteiger charge is 2.19. The van der Waals surface area contributed by atoms with E-state index in [-0.39, 0.29) is 30.0 Å². The third-order valence-corrected chi connectivity index (χ3v) is 2.96. The van der Waals surface area contributed by atoms with Gasteiger partial charge in [-0.1, -0.05) is 13.8 Å². The molecule has 1 aromatic rings. The topological polar surface area (TPSA) is 84.2 Å². The van der Waals surface area contributed by atoms with E-state index in [1.54, 1.807) is 0 Å². The second-order valence-corrected chi connectivity index (χ2v) is 5.43. The molecule has 0 radical (unpaired) electrons. The van der Waals surface area contributed by atoms with Crippen molar-refractivity contribution in [3.05, 3.63) is 24.0 Å². The lowest BCUT2D eigenvalue weighted by atomic mass is 9.96. The Labute approximate surface area is 124 Å². The minimum absolute atomic E-state index is 0.0356. The van der Waals surface area contributed by atoms with Crippen LogP contribution < -0.4 is 16.4 Å². The zero-order chi connectivity index (χ0) is 16.0. The molecule has 1 rings (SSSR count). The minimum Gasteiger partial charge on any atom is -0.330 e. The Kier molecular flexibility index (Phi) is 6.30. The molecule has 0 saturated heterocycles. The molecule has 0 aliphatic rings. The van der Waals surface area contributed by atoms with E-state index in [1.807, 2.05) is 13.8 Å². The van der Waals surface area contributed by atoms with Gasteiger partial charge in [-0.15, -0.1) is 0 Å². The van der Waals surface area contributed by atoms with Crippen LogP contribution in [0.15, 0.2) is 18.2 Å². The molecule has 6 heteroatoms. The van der Waals surface area contributed by atoms with E-state index in [1.165, 1.54) is 25.1 Å². The summed E-state index contributed by atoms with van der Waals surface area (Å²) >= 11 is 0. The monoisotopic (exact) mass is 295 g/mol. The number of benzene rings is 1. The standard InChI is InChI=1S/C15H22FN3O2/c1-9(2)6-11(8-17)15(21)19-14-7-12(18-10(3)20)4-5-13(14)16/h4-5,7,9,11H,6,8,17H2,1-3H3,(H,18,20)(H,19,21). The summed E-state index contributed by atoms with van der Waals surface area (Å²) in [5.41, 5.74) is 6.06.